The quantitative estimate of drug-likeness (QED) is 0.347. The summed E-state index contributed by atoms with van der Waals surface area (Å²) < 4.78 is 2.48. The normalized spacial score (nSPS) is 13.4. The van der Waals surface area contributed by atoms with E-state index in [9.17, 15) is 0 Å². The lowest BCUT2D eigenvalue weighted by molar-refractivity contribution is 0.533. The van der Waals surface area contributed by atoms with Gasteiger partial charge < -0.3 is 15.6 Å². The average molecular weight is 405 g/mol. The lowest BCUT2D eigenvalue weighted by Gasteiger charge is -2.16. The maximum Gasteiger partial charge on any atom is 0.194 e. The Kier molecular flexibility index (Phi) is 6.93. The van der Waals surface area contributed by atoms with Crippen LogP contribution in [0.2, 0.25) is 0 Å². The van der Waals surface area contributed by atoms with Crippen LogP contribution in [0.25, 0.3) is 21.7 Å². The van der Waals surface area contributed by atoms with Crippen LogP contribution in [0.1, 0.15) is 76.8 Å². The molecule has 0 radical (unpaired) electrons. The minimum absolute atomic E-state index is 0.522. The molecule has 1 aliphatic rings. The van der Waals surface area contributed by atoms with Gasteiger partial charge in [0.25, 0.3) is 0 Å². The van der Waals surface area contributed by atoms with Gasteiger partial charge >= 0.3 is 0 Å². The van der Waals surface area contributed by atoms with Crippen molar-refractivity contribution in [2.24, 2.45) is 10.7 Å². The van der Waals surface area contributed by atoms with Crippen molar-refractivity contribution in [2.75, 3.05) is 0 Å². The van der Waals surface area contributed by atoms with E-state index < -0.39 is 0 Å². The number of unbranched alkanes of at least 4 members (excludes halogenated alkanes) is 9. The van der Waals surface area contributed by atoms with Crippen LogP contribution in [0, 0.1) is 0 Å². The van der Waals surface area contributed by atoms with Gasteiger partial charge in [-0.3, -0.25) is 0 Å². The molecule has 4 heteroatoms. The third kappa shape index (κ3) is 4.63. The Morgan fingerprint density at radius 1 is 0.900 bits per heavy atom. The van der Waals surface area contributed by atoms with Gasteiger partial charge in [-0.25, -0.2) is 4.99 Å². The third-order valence-corrected chi connectivity index (χ3v) is 6.41. The third-order valence-electron chi connectivity index (χ3n) is 6.41. The Balaban J connectivity index is 1.42. The van der Waals surface area contributed by atoms with Crippen LogP contribution in [0.15, 0.2) is 41.4 Å². The fourth-order valence-corrected chi connectivity index (χ4v) is 4.72. The van der Waals surface area contributed by atoms with E-state index in [-0.39, 0.29) is 0 Å². The lowest BCUT2D eigenvalue weighted by atomic mass is 10.1. The molecule has 2 aromatic carbocycles. The van der Waals surface area contributed by atoms with Gasteiger partial charge in [-0.05, 0) is 29.3 Å². The van der Waals surface area contributed by atoms with Crippen LogP contribution in [-0.2, 0) is 13.1 Å². The van der Waals surface area contributed by atoms with Gasteiger partial charge in [0.05, 0.1) is 23.4 Å². The van der Waals surface area contributed by atoms with Crippen molar-refractivity contribution in [1.29, 1.82) is 0 Å². The van der Waals surface area contributed by atoms with E-state index in [4.69, 9.17) is 5.73 Å². The molecule has 0 amide bonds. The molecule has 30 heavy (non-hydrogen) atoms. The van der Waals surface area contributed by atoms with E-state index in [0.29, 0.717) is 5.96 Å². The van der Waals surface area contributed by atoms with Crippen molar-refractivity contribution in [3.05, 3.63) is 42.1 Å². The fraction of sp³-hybridized carbons (Fsp3) is 0.500. The van der Waals surface area contributed by atoms with E-state index >= 15 is 0 Å². The van der Waals surface area contributed by atoms with Gasteiger partial charge in [0.15, 0.2) is 5.96 Å². The molecule has 1 aromatic heterocycles. The zero-order valence-electron chi connectivity index (χ0n) is 18.4. The number of nitrogens with zero attached hydrogens (tertiary/aromatic N) is 2. The summed E-state index contributed by atoms with van der Waals surface area (Å²) in [4.78, 5) is 4.66. The number of aliphatic imine (C=N–C) groups is 1. The molecule has 0 saturated heterocycles. The van der Waals surface area contributed by atoms with E-state index in [1.165, 1.54) is 91.6 Å². The van der Waals surface area contributed by atoms with Crippen LogP contribution >= 0.6 is 0 Å². The molecular weight excluding hydrogens is 368 g/mol. The van der Waals surface area contributed by atoms with Crippen molar-refractivity contribution >= 4 is 33.3 Å². The molecule has 0 spiro atoms. The maximum atomic E-state index is 6.00. The van der Waals surface area contributed by atoms with Crippen LogP contribution in [0.5, 0.6) is 0 Å². The first-order valence-electron chi connectivity index (χ1n) is 11.9. The predicted octanol–water partition coefficient (Wildman–Crippen LogP) is 6.76. The molecule has 2 heterocycles. The van der Waals surface area contributed by atoms with Crippen molar-refractivity contribution in [3.8, 4) is 0 Å². The topological polar surface area (TPSA) is 55.3 Å². The Morgan fingerprint density at radius 3 is 2.23 bits per heavy atom. The summed E-state index contributed by atoms with van der Waals surface area (Å²) in [5.41, 5.74) is 9.61. The molecular formula is C26H36N4. The molecule has 0 bridgehead atoms. The van der Waals surface area contributed by atoms with E-state index in [1.54, 1.807) is 0 Å². The second kappa shape index (κ2) is 10.0. The summed E-state index contributed by atoms with van der Waals surface area (Å²) in [6, 6.07) is 13.2. The summed E-state index contributed by atoms with van der Waals surface area (Å²) in [6.45, 7) is 4.09. The molecule has 4 rings (SSSR count). The molecule has 4 nitrogen and oxygen atoms in total. The van der Waals surface area contributed by atoms with Gasteiger partial charge in [-0.2, -0.15) is 0 Å². The van der Waals surface area contributed by atoms with Gasteiger partial charge in [0, 0.05) is 11.9 Å². The number of aromatic nitrogens is 1. The highest BCUT2D eigenvalue weighted by molar-refractivity contribution is 6.05. The van der Waals surface area contributed by atoms with Crippen molar-refractivity contribution in [2.45, 2.75) is 84.2 Å². The summed E-state index contributed by atoms with van der Waals surface area (Å²) in [5.74, 6) is 0.522. The van der Waals surface area contributed by atoms with Crippen molar-refractivity contribution in [1.82, 2.24) is 9.88 Å². The lowest BCUT2D eigenvalue weighted by Crippen LogP contribution is -2.33. The number of fused-ring (bicyclic) bond motifs is 4. The predicted molar refractivity (Wildman–Crippen MR) is 129 cm³/mol. The zero-order chi connectivity index (χ0) is 20.8. The average Bonchev–Trinajstić information content (AvgIpc) is 3.05. The smallest absolute Gasteiger partial charge is 0.194 e. The molecule has 0 saturated carbocycles. The van der Waals surface area contributed by atoms with E-state index in [2.05, 4.69) is 58.2 Å². The number of benzene rings is 2. The van der Waals surface area contributed by atoms with Crippen LogP contribution in [-0.4, -0.2) is 10.5 Å². The number of nitrogens with one attached hydrogen (secondary N) is 1. The van der Waals surface area contributed by atoms with E-state index in [1.807, 2.05) is 0 Å². The van der Waals surface area contributed by atoms with Gasteiger partial charge in [-0.15, -0.1) is 0 Å². The maximum absolute atomic E-state index is 6.00. The highest BCUT2D eigenvalue weighted by atomic mass is 15.2. The monoisotopic (exact) mass is 404 g/mol. The fourth-order valence-electron chi connectivity index (χ4n) is 4.72. The van der Waals surface area contributed by atoms with Crippen LogP contribution in [0.4, 0.5) is 5.69 Å². The Bertz CT molecular complexity index is 1010. The number of aryl methyl sites for hydroxylation is 1. The Labute approximate surface area is 180 Å². The minimum Gasteiger partial charge on any atom is -0.370 e. The highest BCUT2D eigenvalue weighted by Crippen LogP contribution is 2.37. The standard InChI is InChI=1S/C26H36N4/c1-2-3-4-5-6-7-8-9-10-13-16-30-23-18-21-15-12-11-14-20(21)17-22(23)25-24(30)19-28-26(27)29-25/h11-12,14-15,17-18H,2-10,13,16,19H2,1H3,(H3,27,28,29). The van der Waals surface area contributed by atoms with Gasteiger partial charge in [-0.1, -0.05) is 89.0 Å². The molecule has 0 fully saturated rings. The van der Waals surface area contributed by atoms with Crippen molar-refractivity contribution < 1.29 is 0 Å². The minimum atomic E-state index is 0.522. The van der Waals surface area contributed by atoms with Gasteiger partial charge in [0.2, 0.25) is 0 Å². The second-order valence-electron chi connectivity index (χ2n) is 8.70. The van der Waals surface area contributed by atoms with Gasteiger partial charge in [0.1, 0.15) is 0 Å². The molecule has 0 aliphatic carbocycles. The molecule has 160 valence electrons. The molecule has 1 aliphatic heterocycles. The first-order chi connectivity index (χ1) is 14.8. The molecule has 0 unspecified atom stereocenters. The molecule has 3 N–H and O–H groups in total. The Morgan fingerprint density at radius 2 is 1.53 bits per heavy atom. The first-order valence-corrected chi connectivity index (χ1v) is 11.9. The summed E-state index contributed by atoms with van der Waals surface area (Å²) in [5, 5.41) is 7.00. The molecule has 0 atom stereocenters. The number of nitrogens with two attached hydrogens (primary N) is 1. The second-order valence-corrected chi connectivity index (χ2v) is 8.70. The summed E-state index contributed by atoms with van der Waals surface area (Å²) >= 11 is 0. The number of guanidine groups is 1. The van der Waals surface area contributed by atoms with Crippen LogP contribution in [0.3, 0.4) is 0 Å². The Hall–Kier alpha value is -2.49. The summed E-state index contributed by atoms with van der Waals surface area (Å²) in [6.07, 6.45) is 13.6. The molecule has 3 aromatic rings. The highest BCUT2D eigenvalue weighted by Gasteiger charge is 2.20. The first kappa shape index (κ1) is 20.8. The van der Waals surface area contributed by atoms with E-state index in [0.717, 1.165) is 18.8 Å². The van der Waals surface area contributed by atoms with Crippen LogP contribution < -0.4 is 11.1 Å². The summed E-state index contributed by atoms with van der Waals surface area (Å²) in [7, 11) is 0. The van der Waals surface area contributed by atoms with Crippen molar-refractivity contribution in [3.63, 3.8) is 0 Å². The number of hydrogen-bond donors (Lipinski definition) is 2. The largest absolute Gasteiger partial charge is 0.370 e. The number of rotatable bonds is 11. The zero-order valence-corrected chi connectivity index (χ0v) is 18.4. The number of hydrogen-bond acceptors (Lipinski definition) is 3. The SMILES string of the molecule is CCCCCCCCCCCCn1c2c(c3cc4ccccc4cc31)N=C(N)NC2.